The summed E-state index contributed by atoms with van der Waals surface area (Å²) in [5, 5.41) is 18.6. The number of hydrogen-bond donors (Lipinski definition) is 2. The lowest BCUT2D eigenvalue weighted by molar-refractivity contribution is -0.246. The molecule has 0 radical (unpaired) electrons. The standard InChI is InChI=1S/C21H18Cl3NO7/c22-21(23,24)20(25)32-19-16(31-18(28)13-9-5-2-6-10-13)15(26)14(11-29-19)30-17(27)12-7-3-1-4-8-12/h1-10,14-16,19,25-26H,11H2/t14?,15-,16?,19?/m1/s1. The maximum Gasteiger partial charge on any atom is 0.338 e. The highest BCUT2D eigenvalue weighted by Crippen LogP contribution is 2.31. The zero-order chi connectivity index (χ0) is 23.3. The molecule has 8 nitrogen and oxygen atoms in total. The van der Waals surface area contributed by atoms with Gasteiger partial charge in [-0.1, -0.05) is 71.2 Å². The lowest BCUT2D eigenvalue weighted by atomic mass is 10.0. The lowest BCUT2D eigenvalue weighted by Gasteiger charge is -2.39. The molecule has 0 aliphatic carbocycles. The van der Waals surface area contributed by atoms with E-state index in [1.165, 1.54) is 12.1 Å². The Labute approximate surface area is 198 Å². The smallest absolute Gasteiger partial charge is 0.338 e. The number of nitrogens with one attached hydrogen (secondary N) is 1. The summed E-state index contributed by atoms with van der Waals surface area (Å²) >= 11 is 16.9. The first kappa shape index (κ1) is 24.3. The average molecular weight is 503 g/mol. The van der Waals surface area contributed by atoms with E-state index in [9.17, 15) is 14.7 Å². The van der Waals surface area contributed by atoms with Gasteiger partial charge < -0.3 is 24.1 Å². The fraction of sp³-hybridized carbons (Fsp3) is 0.286. The Kier molecular flexibility index (Phi) is 7.97. The molecule has 1 saturated heterocycles. The number of halogens is 3. The maximum atomic E-state index is 12.6. The second-order valence-electron chi connectivity index (χ2n) is 6.68. The molecule has 0 aromatic heterocycles. The summed E-state index contributed by atoms with van der Waals surface area (Å²) < 4.78 is 19.2. The highest BCUT2D eigenvalue weighted by atomic mass is 35.6. The van der Waals surface area contributed by atoms with Crippen LogP contribution < -0.4 is 0 Å². The Morgan fingerprint density at radius 1 is 0.906 bits per heavy atom. The Balaban J connectivity index is 1.78. The van der Waals surface area contributed by atoms with Gasteiger partial charge in [0.2, 0.25) is 12.2 Å². The van der Waals surface area contributed by atoms with Crippen molar-refractivity contribution < 1.29 is 33.6 Å². The number of rotatable bonds is 5. The SMILES string of the molecule is N=C(OC1OCC(OC(=O)c2ccccc2)[C@@H](O)C1OC(=O)c1ccccc1)C(Cl)(Cl)Cl. The summed E-state index contributed by atoms with van der Waals surface area (Å²) in [7, 11) is 0. The molecule has 4 atom stereocenters. The zero-order valence-electron chi connectivity index (χ0n) is 16.3. The van der Waals surface area contributed by atoms with Crippen LogP contribution in [-0.4, -0.2) is 57.9 Å². The van der Waals surface area contributed by atoms with Crippen LogP contribution in [0.25, 0.3) is 0 Å². The molecule has 170 valence electrons. The molecule has 0 saturated carbocycles. The predicted molar refractivity (Wildman–Crippen MR) is 116 cm³/mol. The number of benzene rings is 2. The van der Waals surface area contributed by atoms with E-state index >= 15 is 0 Å². The molecular weight excluding hydrogens is 485 g/mol. The molecule has 3 unspecified atom stereocenters. The topological polar surface area (TPSA) is 115 Å². The molecule has 2 N–H and O–H groups in total. The van der Waals surface area contributed by atoms with Crippen molar-refractivity contribution >= 4 is 52.6 Å². The van der Waals surface area contributed by atoms with Crippen molar-refractivity contribution in [2.24, 2.45) is 0 Å². The van der Waals surface area contributed by atoms with Crippen LogP contribution in [-0.2, 0) is 18.9 Å². The molecule has 2 aromatic carbocycles. The van der Waals surface area contributed by atoms with Gasteiger partial charge in [-0.2, -0.15) is 0 Å². The van der Waals surface area contributed by atoms with Crippen molar-refractivity contribution in [1.29, 1.82) is 5.41 Å². The summed E-state index contributed by atoms with van der Waals surface area (Å²) in [4.78, 5) is 24.9. The molecule has 11 heteroatoms. The molecule has 0 amide bonds. The van der Waals surface area contributed by atoms with E-state index in [2.05, 4.69) is 0 Å². The van der Waals surface area contributed by atoms with Gasteiger partial charge in [0.1, 0.15) is 6.10 Å². The van der Waals surface area contributed by atoms with Gasteiger partial charge in [0, 0.05) is 0 Å². The number of aliphatic hydroxyl groups excluding tert-OH is 1. The Hall–Kier alpha value is -2.36. The van der Waals surface area contributed by atoms with Crippen molar-refractivity contribution in [3.8, 4) is 0 Å². The van der Waals surface area contributed by atoms with Gasteiger partial charge >= 0.3 is 11.9 Å². The summed E-state index contributed by atoms with van der Waals surface area (Å²) in [6.07, 6.45) is -5.75. The van der Waals surface area contributed by atoms with Gasteiger partial charge in [-0.3, -0.25) is 5.41 Å². The summed E-state index contributed by atoms with van der Waals surface area (Å²) in [5.41, 5.74) is 0.451. The summed E-state index contributed by atoms with van der Waals surface area (Å²) in [6, 6.07) is 16.1. The second kappa shape index (κ2) is 10.5. The third kappa shape index (κ3) is 6.11. The molecule has 2 aromatic rings. The predicted octanol–water partition coefficient (Wildman–Crippen LogP) is 3.52. The van der Waals surface area contributed by atoms with Crippen molar-refractivity contribution in [2.75, 3.05) is 6.61 Å². The molecule has 32 heavy (non-hydrogen) atoms. The van der Waals surface area contributed by atoms with Crippen LogP contribution in [0.1, 0.15) is 20.7 Å². The normalized spacial score (nSPS) is 23.1. The van der Waals surface area contributed by atoms with E-state index in [1.807, 2.05) is 0 Å². The first-order valence-corrected chi connectivity index (χ1v) is 10.4. The van der Waals surface area contributed by atoms with E-state index in [0.717, 1.165) is 0 Å². The number of aliphatic hydroxyl groups is 1. The Morgan fingerprint density at radius 3 is 1.91 bits per heavy atom. The lowest BCUT2D eigenvalue weighted by Crippen LogP contribution is -2.57. The minimum absolute atomic E-state index is 0.193. The van der Waals surface area contributed by atoms with Crippen LogP contribution in [0.15, 0.2) is 60.7 Å². The first-order valence-electron chi connectivity index (χ1n) is 9.31. The molecule has 1 aliphatic heterocycles. The molecule has 0 spiro atoms. The number of ether oxygens (including phenoxy) is 4. The molecule has 1 aliphatic rings. The molecule has 0 bridgehead atoms. The van der Waals surface area contributed by atoms with Gasteiger partial charge in [-0.25, -0.2) is 9.59 Å². The van der Waals surface area contributed by atoms with Gasteiger partial charge in [-0.15, -0.1) is 0 Å². The Morgan fingerprint density at radius 2 is 1.41 bits per heavy atom. The van der Waals surface area contributed by atoms with E-state index in [-0.39, 0.29) is 17.7 Å². The number of alkyl halides is 3. The number of carbonyl (C=O) groups is 2. The first-order chi connectivity index (χ1) is 15.2. The van der Waals surface area contributed by atoms with Crippen LogP contribution in [0.3, 0.4) is 0 Å². The van der Waals surface area contributed by atoms with Crippen LogP contribution in [0, 0.1) is 5.41 Å². The fourth-order valence-electron chi connectivity index (χ4n) is 2.81. The average Bonchev–Trinajstić information content (AvgIpc) is 2.78. The highest BCUT2D eigenvalue weighted by Gasteiger charge is 2.47. The van der Waals surface area contributed by atoms with Crippen LogP contribution >= 0.6 is 34.8 Å². The number of carbonyl (C=O) groups excluding carboxylic acids is 2. The molecule has 1 heterocycles. The number of esters is 2. The zero-order valence-corrected chi connectivity index (χ0v) is 18.6. The quantitative estimate of drug-likeness (QED) is 0.278. The van der Waals surface area contributed by atoms with Crippen molar-refractivity contribution in [1.82, 2.24) is 0 Å². The maximum absolute atomic E-state index is 12.6. The van der Waals surface area contributed by atoms with Crippen molar-refractivity contribution in [2.45, 2.75) is 28.4 Å². The van der Waals surface area contributed by atoms with E-state index in [4.69, 9.17) is 59.2 Å². The molecule has 3 rings (SSSR count). The third-order valence-electron chi connectivity index (χ3n) is 4.42. The van der Waals surface area contributed by atoms with Gasteiger partial charge in [0.05, 0.1) is 17.7 Å². The fourth-order valence-corrected chi connectivity index (χ4v) is 2.95. The monoisotopic (exact) mass is 501 g/mol. The van der Waals surface area contributed by atoms with Crippen LogP contribution in [0.2, 0.25) is 0 Å². The minimum Gasteiger partial charge on any atom is -0.453 e. The van der Waals surface area contributed by atoms with Gasteiger partial charge in [0.15, 0.2) is 12.2 Å². The van der Waals surface area contributed by atoms with Gasteiger partial charge in [-0.05, 0) is 24.3 Å². The van der Waals surface area contributed by atoms with E-state index in [1.54, 1.807) is 48.5 Å². The van der Waals surface area contributed by atoms with Crippen LogP contribution in [0.4, 0.5) is 0 Å². The van der Waals surface area contributed by atoms with E-state index in [0.29, 0.717) is 0 Å². The minimum atomic E-state index is -2.21. The van der Waals surface area contributed by atoms with Crippen molar-refractivity contribution in [3.63, 3.8) is 0 Å². The Bertz CT molecular complexity index is 953. The molecular formula is C21H18Cl3NO7. The van der Waals surface area contributed by atoms with Crippen LogP contribution in [0.5, 0.6) is 0 Å². The highest BCUT2D eigenvalue weighted by molar-refractivity contribution is 6.76. The summed E-state index contributed by atoms with van der Waals surface area (Å²) in [5.74, 6) is -2.32. The summed E-state index contributed by atoms with van der Waals surface area (Å²) in [6.45, 7) is -0.322. The number of hydrogen-bond acceptors (Lipinski definition) is 8. The largest absolute Gasteiger partial charge is 0.453 e. The van der Waals surface area contributed by atoms with E-state index < -0.39 is 46.2 Å². The third-order valence-corrected chi connectivity index (χ3v) is 4.94. The van der Waals surface area contributed by atoms with Crippen molar-refractivity contribution in [3.05, 3.63) is 71.8 Å². The van der Waals surface area contributed by atoms with Gasteiger partial charge in [0.25, 0.3) is 3.79 Å². The molecule has 1 fully saturated rings. The second-order valence-corrected chi connectivity index (χ2v) is 8.96.